The molecule has 26 heavy (non-hydrogen) atoms. The summed E-state index contributed by atoms with van der Waals surface area (Å²) >= 11 is 0. The number of methoxy groups -OCH3 is 2. The number of piperazine rings is 1. The van der Waals surface area contributed by atoms with Crippen molar-refractivity contribution in [1.82, 2.24) is 19.9 Å². The maximum absolute atomic E-state index is 6.17. The summed E-state index contributed by atoms with van der Waals surface area (Å²) in [6.07, 6.45) is 3.50. The zero-order valence-corrected chi connectivity index (χ0v) is 15.0. The Morgan fingerprint density at radius 2 is 1.85 bits per heavy atom. The van der Waals surface area contributed by atoms with Gasteiger partial charge in [-0.3, -0.25) is 0 Å². The maximum Gasteiger partial charge on any atom is 0.225 e. The van der Waals surface area contributed by atoms with E-state index in [1.54, 1.807) is 32.7 Å². The summed E-state index contributed by atoms with van der Waals surface area (Å²) in [5, 5.41) is 0. The molecule has 0 spiro atoms. The van der Waals surface area contributed by atoms with Gasteiger partial charge in [0.15, 0.2) is 5.96 Å². The van der Waals surface area contributed by atoms with Crippen molar-refractivity contribution < 1.29 is 9.47 Å². The van der Waals surface area contributed by atoms with Gasteiger partial charge in [0, 0.05) is 50.2 Å². The molecule has 1 fully saturated rings. The van der Waals surface area contributed by atoms with Crippen LogP contribution >= 0.6 is 0 Å². The summed E-state index contributed by atoms with van der Waals surface area (Å²) in [5.74, 6) is 2.25. The van der Waals surface area contributed by atoms with Gasteiger partial charge >= 0.3 is 0 Å². The molecule has 0 radical (unpaired) electrons. The van der Waals surface area contributed by atoms with E-state index >= 15 is 0 Å². The quantitative estimate of drug-likeness (QED) is 0.611. The van der Waals surface area contributed by atoms with E-state index < -0.39 is 0 Å². The minimum Gasteiger partial charge on any atom is -0.481 e. The Labute approximate surface area is 152 Å². The van der Waals surface area contributed by atoms with Gasteiger partial charge in [0.25, 0.3) is 0 Å². The molecule has 0 atom stereocenters. The number of nitrogens with two attached hydrogens (primary N) is 1. The summed E-state index contributed by atoms with van der Waals surface area (Å²) in [5.41, 5.74) is 7.02. The van der Waals surface area contributed by atoms with Crippen LogP contribution in [0.5, 0.6) is 11.8 Å². The zero-order chi connectivity index (χ0) is 18.4. The molecule has 0 bridgehead atoms. The summed E-state index contributed by atoms with van der Waals surface area (Å²) in [4.78, 5) is 21.5. The number of guanidine groups is 1. The zero-order valence-electron chi connectivity index (χ0n) is 15.0. The minimum atomic E-state index is 0.397. The fourth-order valence-electron chi connectivity index (χ4n) is 2.72. The Kier molecular flexibility index (Phi) is 5.67. The van der Waals surface area contributed by atoms with E-state index in [0.717, 1.165) is 37.7 Å². The van der Waals surface area contributed by atoms with Gasteiger partial charge in [-0.25, -0.2) is 15.0 Å². The van der Waals surface area contributed by atoms with Crippen LogP contribution in [0, 0.1) is 0 Å². The first-order valence-corrected chi connectivity index (χ1v) is 8.36. The van der Waals surface area contributed by atoms with Crippen LogP contribution in [-0.4, -0.2) is 66.2 Å². The van der Waals surface area contributed by atoms with Gasteiger partial charge < -0.3 is 25.0 Å². The molecule has 0 amide bonds. The largest absolute Gasteiger partial charge is 0.481 e. The van der Waals surface area contributed by atoms with Crippen LogP contribution in [0.25, 0.3) is 0 Å². The van der Waals surface area contributed by atoms with Crippen molar-refractivity contribution in [2.45, 2.75) is 6.54 Å². The second-order valence-corrected chi connectivity index (χ2v) is 5.72. The smallest absolute Gasteiger partial charge is 0.225 e. The molecule has 2 aromatic rings. The fourth-order valence-corrected chi connectivity index (χ4v) is 2.72. The molecular weight excluding hydrogens is 334 g/mol. The van der Waals surface area contributed by atoms with Crippen LogP contribution in [0.15, 0.2) is 35.6 Å². The molecule has 3 heterocycles. The number of aliphatic imine (C=N–C) groups is 1. The van der Waals surface area contributed by atoms with Crippen molar-refractivity contribution in [1.29, 1.82) is 0 Å². The molecule has 2 aromatic heterocycles. The molecule has 1 aliphatic heterocycles. The Morgan fingerprint density at radius 1 is 1.12 bits per heavy atom. The summed E-state index contributed by atoms with van der Waals surface area (Å²) < 4.78 is 10.4. The lowest BCUT2D eigenvalue weighted by Gasteiger charge is -2.35. The first kappa shape index (κ1) is 17.7. The molecule has 3 rings (SSSR count). The lowest BCUT2D eigenvalue weighted by molar-refractivity contribution is 0.360. The molecule has 0 unspecified atom stereocenters. The van der Waals surface area contributed by atoms with Gasteiger partial charge in [0.1, 0.15) is 0 Å². The van der Waals surface area contributed by atoms with Gasteiger partial charge in [-0.05, 0) is 12.1 Å². The number of nitrogens with zero attached hydrogens (tertiary/aromatic N) is 6. The van der Waals surface area contributed by atoms with Crippen LogP contribution in [0.4, 0.5) is 5.95 Å². The van der Waals surface area contributed by atoms with E-state index in [4.69, 9.17) is 15.2 Å². The highest BCUT2D eigenvalue weighted by Gasteiger charge is 2.20. The highest BCUT2D eigenvalue weighted by atomic mass is 16.5. The molecule has 2 N–H and O–H groups in total. The van der Waals surface area contributed by atoms with E-state index in [1.807, 2.05) is 12.1 Å². The Morgan fingerprint density at radius 3 is 2.50 bits per heavy atom. The lowest BCUT2D eigenvalue weighted by Crippen LogP contribution is -2.51. The van der Waals surface area contributed by atoms with Crippen LogP contribution < -0.4 is 20.1 Å². The van der Waals surface area contributed by atoms with Crippen molar-refractivity contribution in [3.8, 4) is 11.8 Å². The molecular formula is C17H23N7O2. The molecule has 9 heteroatoms. The van der Waals surface area contributed by atoms with Gasteiger partial charge in [0.05, 0.1) is 20.8 Å². The van der Waals surface area contributed by atoms with Gasteiger partial charge in [-0.15, -0.1) is 0 Å². The normalized spacial score (nSPS) is 15.1. The monoisotopic (exact) mass is 357 g/mol. The van der Waals surface area contributed by atoms with E-state index in [1.165, 1.54) is 0 Å². The Hall–Kier alpha value is -3.10. The van der Waals surface area contributed by atoms with Crippen LogP contribution in [0.2, 0.25) is 0 Å². The number of pyridine rings is 1. The fraction of sp³-hybridized carbons (Fsp3) is 0.412. The summed E-state index contributed by atoms with van der Waals surface area (Å²) in [6, 6.07) is 5.47. The van der Waals surface area contributed by atoms with Crippen molar-refractivity contribution in [3.05, 3.63) is 36.2 Å². The van der Waals surface area contributed by atoms with Crippen molar-refractivity contribution in [2.75, 3.05) is 45.3 Å². The number of rotatable bonds is 5. The van der Waals surface area contributed by atoms with Crippen LogP contribution in [-0.2, 0) is 6.54 Å². The third-order valence-electron chi connectivity index (χ3n) is 4.17. The molecule has 0 aromatic carbocycles. The number of hydrogen-bond donors (Lipinski definition) is 1. The molecule has 0 saturated carbocycles. The predicted molar refractivity (Wildman–Crippen MR) is 98.5 cm³/mol. The van der Waals surface area contributed by atoms with E-state index in [2.05, 4.69) is 29.7 Å². The highest BCUT2D eigenvalue weighted by Crippen LogP contribution is 2.20. The average Bonchev–Trinajstić information content (AvgIpc) is 2.72. The summed E-state index contributed by atoms with van der Waals surface area (Å²) in [7, 11) is 3.14. The first-order valence-electron chi connectivity index (χ1n) is 8.36. The molecule has 1 saturated heterocycles. The summed E-state index contributed by atoms with van der Waals surface area (Å²) in [6.45, 7) is 3.53. The van der Waals surface area contributed by atoms with Crippen LogP contribution in [0.3, 0.4) is 0 Å². The number of ether oxygens (including phenoxy) is 2. The van der Waals surface area contributed by atoms with Gasteiger partial charge in [-0.1, -0.05) is 0 Å². The minimum absolute atomic E-state index is 0.397. The van der Waals surface area contributed by atoms with Crippen LogP contribution in [0.1, 0.15) is 5.56 Å². The maximum atomic E-state index is 6.17. The molecule has 9 nitrogen and oxygen atoms in total. The number of hydrogen-bond acceptors (Lipinski definition) is 7. The second kappa shape index (κ2) is 8.32. The second-order valence-electron chi connectivity index (χ2n) is 5.72. The standard InChI is InChI=1S/C17H23N7O2/c1-25-14-5-4-13(15(22-14)26-2)12-21-16(18)23-8-10-24(11-9-23)17-19-6-3-7-20-17/h3-7H,8-12H2,1-2H3,(H2,18,21). The van der Waals surface area contributed by atoms with Gasteiger partial charge in [0.2, 0.25) is 17.7 Å². The van der Waals surface area contributed by atoms with Gasteiger partial charge in [-0.2, -0.15) is 4.98 Å². The average molecular weight is 357 g/mol. The van der Waals surface area contributed by atoms with Crippen molar-refractivity contribution in [3.63, 3.8) is 0 Å². The van der Waals surface area contributed by atoms with E-state index in [0.29, 0.717) is 24.3 Å². The molecule has 0 aliphatic carbocycles. The SMILES string of the molecule is COc1ccc(CN=C(N)N2CCN(c3ncccn3)CC2)c(OC)n1. The Bertz CT molecular complexity index is 746. The van der Waals surface area contributed by atoms with Crippen molar-refractivity contribution >= 4 is 11.9 Å². The predicted octanol–water partition coefficient (Wildman–Crippen LogP) is 0.526. The lowest BCUT2D eigenvalue weighted by atomic mass is 10.2. The number of aromatic nitrogens is 3. The third-order valence-corrected chi connectivity index (χ3v) is 4.17. The van der Waals surface area contributed by atoms with Crippen molar-refractivity contribution in [2.24, 2.45) is 10.7 Å². The first-order chi connectivity index (χ1) is 12.7. The van der Waals surface area contributed by atoms with E-state index in [-0.39, 0.29) is 0 Å². The molecule has 138 valence electrons. The van der Waals surface area contributed by atoms with E-state index in [9.17, 15) is 0 Å². The third kappa shape index (κ3) is 4.11. The highest BCUT2D eigenvalue weighted by molar-refractivity contribution is 5.78. The molecule has 1 aliphatic rings. The number of anilines is 1. The topological polar surface area (TPSA) is 102 Å². The Balaban J connectivity index is 1.59.